The zero-order valence-corrected chi connectivity index (χ0v) is 8.44. The van der Waals surface area contributed by atoms with Crippen LogP contribution >= 0.6 is 11.6 Å². The van der Waals surface area contributed by atoms with Crippen LogP contribution in [0.1, 0.15) is 5.89 Å². The Morgan fingerprint density at radius 1 is 1.47 bits per heavy atom. The van der Waals surface area contributed by atoms with E-state index >= 15 is 0 Å². The summed E-state index contributed by atoms with van der Waals surface area (Å²) < 4.78 is 4.89. The van der Waals surface area contributed by atoms with E-state index in [1.54, 1.807) is 12.1 Å². The van der Waals surface area contributed by atoms with Crippen molar-refractivity contribution in [2.45, 2.75) is 6.61 Å². The second-order valence-corrected chi connectivity index (χ2v) is 3.27. The topological polar surface area (TPSA) is 74.2 Å². The van der Waals surface area contributed by atoms with Crippen molar-refractivity contribution < 1.29 is 9.36 Å². The second kappa shape index (κ2) is 4.39. The maximum absolute atomic E-state index is 5.83. The molecule has 2 N–H and O–H groups in total. The Balaban J connectivity index is 2.29. The minimum Gasteiger partial charge on any atom is -0.336 e. The summed E-state index contributed by atoms with van der Waals surface area (Å²) in [7, 11) is 0. The Kier molecular flexibility index (Phi) is 2.96. The molecule has 0 saturated heterocycles. The van der Waals surface area contributed by atoms with Crippen LogP contribution in [0.2, 0.25) is 5.02 Å². The van der Waals surface area contributed by atoms with Gasteiger partial charge >= 0.3 is 0 Å². The van der Waals surface area contributed by atoms with E-state index in [0.717, 1.165) is 5.56 Å². The molecule has 0 aliphatic heterocycles. The van der Waals surface area contributed by atoms with Gasteiger partial charge in [0.05, 0.1) is 0 Å². The summed E-state index contributed by atoms with van der Waals surface area (Å²) >= 11 is 5.83. The van der Waals surface area contributed by atoms with Crippen LogP contribution in [0.15, 0.2) is 28.8 Å². The van der Waals surface area contributed by atoms with Crippen LogP contribution in [0.3, 0.4) is 0 Å². The van der Waals surface area contributed by atoms with Crippen molar-refractivity contribution in [1.29, 1.82) is 0 Å². The number of halogens is 1. The molecule has 0 radical (unpaired) electrons. The van der Waals surface area contributed by atoms with Gasteiger partial charge in [0.2, 0.25) is 5.82 Å². The minimum absolute atomic E-state index is 0.0908. The molecule has 78 valence electrons. The van der Waals surface area contributed by atoms with Gasteiger partial charge in [0.25, 0.3) is 5.89 Å². The van der Waals surface area contributed by atoms with Crippen molar-refractivity contribution in [3.8, 4) is 11.4 Å². The molecular weight excluding hydrogens is 218 g/mol. The SMILES string of the molecule is NOCc1nc(-c2cccc(Cl)c2)no1. The van der Waals surface area contributed by atoms with Crippen LogP contribution < -0.4 is 5.90 Å². The van der Waals surface area contributed by atoms with Crippen LogP contribution in [0.5, 0.6) is 0 Å². The van der Waals surface area contributed by atoms with Crippen molar-refractivity contribution in [1.82, 2.24) is 10.1 Å². The summed E-state index contributed by atoms with van der Waals surface area (Å²) in [4.78, 5) is 8.45. The van der Waals surface area contributed by atoms with E-state index in [1.165, 1.54) is 0 Å². The fourth-order valence-electron chi connectivity index (χ4n) is 1.13. The van der Waals surface area contributed by atoms with Gasteiger partial charge in [-0.25, -0.2) is 5.90 Å². The molecule has 1 aromatic carbocycles. The van der Waals surface area contributed by atoms with Crippen LogP contribution in [-0.2, 0) is 11.4 Å². The molecule has 0 aliphatic carbocycles. The number of benzene rings is 1. The van der Waals surface area contributed by atoms with Gasteiger partial charge in [0.15, 0.2) is 0 Å². The largest absolute Gasteiger partial charge is 0.336 e. The van der Waals surface area contributed by atoms with Crippen LogP contribution in [0.25, 0.3) is 11.4 Å². The number of rotatable bonds is 3. The highest BCUT2D eigenvalue weighted by molar-refractivity contribution is 6.30. The lowest BCUT2D eigenvalue weighted by molar-refractivity contribution is 0.0996. The average molecular weight is 226 g/mol. The standard InChI is InChI=1S/C9H8ClN3O2/c10-7-3-1-2-6(4-7)9-12-8(5-14-11)15-13-9/h1-4H,5,11H2. The lowest BCUT2D eigenvalue weighted by atomic mass is 10.2. The van der Waals surface area contributed by atoms with Gasteiger partial charge in [-0.15, -0.1) is 0 Å². The second-order valence-electron chi connectivity index (χ2n) is 2.83. The number of nitrogens with two attached hydrogens (primary N) is 1. The minimum atomic E-state index is 0.0908. The Bertz CT molecular complexity index is 458. The summed E-state index contributed by atoms with van der Waals surface area (Å²) in [6, 6.07) is 7.17. The molecule has 1 heterocycles. The molecule has 0 spiro atoms. The highest BCUT2D eigenvalue weighted by Crippen LogP contribution is 2.19. The molecule has 0 atom stereocenters. The number of hydrogen-bond donors (Lipinski definition) is 1. The molecule has 0 aliphatic rings. The van der Waals surface area contributed by atoms with Crippen molar-refractivity contribution in [3.05, 3.63) is 35.2 Å². The first kappa shape index (κ1) is 10.1. The van der Waals surface area contributed by atoms with E-state index in [9.17, 15) is 0 Å². The summed E-state index contributed by atoms with van der Waals surface area (Å²) in [5.41, 5.74) is 0.787. The van der Waals surface area contributed by atoms with Gasteiger partial charge in [-0.2, -0.15) is 4.98 Å². The molecule has 2 rings (SSSR count). The highest BCUT2D eigenvalue weighted by Gasteiger charge is 2.08. The Morgan fingerprint density at radius 3 is 3.07 bits per heavy atom. The molecule has 0 amide bonds. The molecule has 0 fully saturated rings. The third-order valence-electron chi connectivity index (χ3n) is 1.76. The van der Waals surface area contributed by atoms with Crippen LogP contribution in [0.4, 0.5) is 0 Å². The predicted molar refractivity (Wildman–Crippen MR) is 53.7 cm³/mol. The third-order valence-corrected chi connectivity index (χ3v) is 1.99. The molecule has 1 aromatic heterocycles. The van der Waals surface area contributed by atoms with Crippen molar-refractivity contribution in [2.24, 2.45) is 5.90 Å². The van der Waals surface area contributed by atoms with Gasteiger partial charge in [0, 0.05) is 10.6 Å². The molecule has 0 bridgehead atoms. The van der Waals surface area contributed by atoms with E-state index in [-0.39, 0.29) is 6.61 Å². The predicted octanol–water partition coefficient (Wildman–Crippen LogP) is 1.78. The van der Waals surface area contributed by atoms with Crippen LogP contribution in [-0.4, -0.2) is 10.1 Å². The molecule has 2 aromatic rings. The zero-order chi connectivity index (χ0) is 10.7. The molecule has 0 unspecified atom stereocenters. The fraction of sp³-hybridized carbons (Fsp3) is 0.111. The number of aromatic nitrogens is 2. The lowest BCUT2D eigenvalue weighted by Gasteiger charge is -1.93. The summed E-state index contributed by atoms with van der Waals surface area (Å²) in [6.07, 6.45) is 0. The van der Waals surface area contributed by atoms with E-state index < -0.39 is 0 Å². The number of hydrogen-bond acceptors (Lipinski definition) is 5. The first-order valence-corrected chi connectivity index (χ1v) is 4.57. The fourth-order valence-corrected chi connectivity index (χ4v) is 1.32. The average Bonchev–Trinajstić information content (AvgIpc) is 2.67. The van der Waals surface area contributed by atoms with Gasteiger partial charge in [0.1, 0.15) is 6.61 Å². The van der Waals surface area contributed by atoms with Crippen molar-refractivity contribution in [3.63, 3.8) is 0 Å². The molecule has 15 heavy (non-hydrogen) atoms. The van der Waals surface area contributed by atoms with Gasteiger partial charge in [-0.05, 0) is 12.1 Å². The van der Waals surface area contributed by atoms with Gasteiger partial charge in [-0.3, -0.25) is 4.84 Å². The maximum atomic E-state index is 5.83. The molecular formula is C9H8ClN3O2. The monoisotopic (exact) mass is 225 g/mol. The molecule has 5 nitrogen and oxygen atoms in total. The smallest absolute Gasteiger partial charge is 0.255 e. The van der Waals surface area contributed by atoms with E-state index in [4.69, 9.17) is 22.0 Å². The summed E-state index contributed by atoms with van der Waals surface area (Å²) in [5.74, 6) is 5.67. The summed E-state index contributed by atoms with van der Waals surface area (Å²) in [6.45, 7) is 0.0908. The Labute approximate surface area is 90.7 Å². The zero-order valence-electron chi connectivity index (χ0n) is 7.68. The van der Waals surface area contributed by atoms with E-state index in [2.05, 4.69) is 15.0 Å². The first-order valence-electron chi connectivity index (χ1n) is 4.20. The lowest BCUT2D eigenvalue weighted by Crippen LogP contribution is -1.98. The van der Waals surface area contributed by atoms with Crippen molar-refractivity contribution >= 4 is 11.6 Å². The van der Waals surface area contributed by atoms with Gasteiger partial charge in [-0.1, -0.05) is 28.9 Å². The molecule has 0 saturated carbocycles. The Morgan fingerprint density at radius 2 is 2.33 bits per heavy atom. The van der Waals surface area contributed by atoms with Gasteiger partial charge < -0.3 is 4.52 Å². The normalized spacial score (nSPS) is 10.5. The van der Waals surface area contributed by atoms with Crippen molar-refractivity contribution in [2.75, 3.05) is 0 Å². The highest BCUT2D eigenvalue weighted by atomic mass is 35.5. The third kappa shape index (κ3) is 2.33. The van der Waals surface area contributed by atoms with E-state index in [1.807, 2.05) is 12.1 Å². The quantitative estimate of drug-likeness (QED) is 0.806. The first-order chi connectivity index (χ1) is 7.29. The number of nitrogens with zero attached hydrogens (tertiary/aromatic N) is 2. The van der Waals surface area contributed by atoms with E-state index in [0.29, 0.717) is 16.7 Å². The summed E-state index contributed by atoms with van der Waals surface area (Å²) in [5, 5.41) is 4.39. The maximum Gasteiger partial charge on any atom is 0.255 e. The van der Waals surface area contributed by atoms with Crippen LogP contribution in [0, 0.1) is 0 Å². The Hall–Kier alpha value is -1.43. The molecule has 6 heteroatoms.